The van der Waals surface area contributed by atoms with E-state index in [1.165, 1.54) is 0 Å². The normalized spacial score (nSPS) is 10.2. The minimum Gasteiger partial charge on any atom is -0.494 e. The molecule has 0 saturated heterocycles. The fourth-order valence-corrected chi connectivity index (χ4v) is 1.89. The molecule has 1 aromatic carbocycles. The topological polar surface area (TPSA) is 51.2 Å². The smallest absolute Gasteiger partial charge is 0.255 e. The highest BCUT2D eigenvalue weighted by Crippen LogP contribution is 2.16. The second kappa shape index (κ2) is 7.64. The van der Waals surface area contributed by atoms with Gasteiger partial charge >= 0.3 is 0 Å². The lowest BCUT2D eigenvalue weighted by atomic mass is 10.2. The third-order valence-electron chi connectivity index (χ3n) is 2.87. The van der Waals surface area contributed by atoms with Gasteiger partial charge in [-0.3, -0.25) is 4.79 Å². The molecule has 0 unspecified atom stereocenters. The number of hydrogen-bond donors (Lipinski definition) is 1. The fourth-order valence-electron chi connectivity index (χ4n) is 1.72. The van der Waals surface area contributed by atoms with Gasteiger partial charge in [-0.2, -0.15) is 0 Å². The first-order valence-corrected chi connectivity index (χ1v) is 7.22. The van der Waals surface area contributed by atoms with Gasteiger partial charge in [-0.05, 0) is 42.8 Å². The number of benzene rings is 1. The molecule has 21 heavy (non-hydrogen) atoms. The number of halogens is 1. The zero-order valence-corrected chi connectivity index (χ0v) is 12.6. The van der Waals surface area contributed by atoms with Gasteiger partial charge in [0.05, 0.1) is 6.61 Å². The van der Waals surface area contributed by atoms with E-state index in [0.29, 0.717) is 23.0 Å². The van der Waals surface area contributed by atoms with Gasteiger partial charge in [0.15, 0.2) is 0 Å². The predicted molar refractivity (Wildman–Crippen MR) is 84.0 cm³/mol. The summed E-state index contributed by atoms with van der Waals surface area (Å²) in [6.45, 7) is 2.81. The molecule has 0 bridgehead atoms. The Labute approximate surface area is 129 Å². The van der Waals surface area contributed by atoms with Crippen molar-refractivity contribution in [2.75, 3.05) is 11.9 Å². The number of aromatic nitrogens is 1. The molecule has 5 heteroatoms. The first-order chi connectivity index (χ1) is 10.2. The maximum atomic E-state index is 12.1. The Morgan fingerprint density at radius 2 is 2.05 bits per heavy atom. The van der Waals surface area contributed by atoms with E-state index >= 15 is 0 Å². The van der Waals surface area contributed by atoms with Crippen LogP contribution in [0.4, 0.5) is 5.69 Å². The van der Waals surface area contributed by atoms with Crippen molar-refractivity contribution in [3.63, 3.8) is 0 Å². The van der Waals surface area contributed by atoms with E-state index in [0.717, 1.165) is 18.6 Å². The molecule has 0 aliphatic heterocycles. The van der Waals surface area contributed by atoms with E-state index in [4.69, 9.17) is 16.3 Å². The standard InChI is InChI=1S/C16H17ClN2O2/c1-2-3-10-21-14-6-4-12(5-7-14)16(20)19-13-8-9-18-15(17)11-13/h4-9,11H,2-3,10H2,1H3,(H,18,19,20). The number of pyridine rings is 1. The lowest BCUT2D eigenvalue weighted by molar-refractivity contribution is 0.102. The summed E-state index contributed by atoms with van der Waals surface area (Å²) >= 11 is 5.78. The van der Waals surface area contributed by atoms with Crippen molar-refractivity contribution in [2.45, 2.75) is 19.8 Å². The Morgan fingerprint density at radius 1 is 1.29 bits per heavy atom. The molecule has 1 heterocycles. The zero-order valence-electron chi connectivity index (χ0n) is 11.8. The predicted octanol–water partition coefficient (Wildman–Crippen LogP) is 4.17. The van der Waals surface area contributed by atoms with Crippen molar-refractivity contribution < 1.29 is 9.53 Å². The van der Waals surface area contributed by atoms with Gasteiger partial charge in [0.25, 0.3) is 5.91 Å². The second-order valence-electron chi connectivity index (χ2n) is 4.55. The molecular weight excluding hydrogens is 288 g/mol. The van der Waals surface area contributed by atoms with Crippen LogP contribution in [-0.4, -0.2) is 17.5 Å². The van der Waals surface area contributed by atoms with Crippen LogP contribution in [0.5, 0.6) is 5.75 Å². The molecule has 0 fully saturated rings. The minimum atomic E-state index is -0.197. The van der Waals surface area contributed by atoms with Crippen LogP contribution in [0.25, 0.3) is 0 Å². The van der Waals surface area contributed by atoms with Crippen LogP contribution >= 0.6 is 11.6 Å². The molecule has 1 amide bonds. The van der Waals surface area contributed by atoms with Gasteiger partial charge < -0.3 is 10.1 Å². The third kappa shape index (κ3) is 4.76. The van der Waals surface area contributed by atoms with E-state index in [9.17, 15) is 4.79 Å². The molecule has 110 valence electrons. The Bertz CT molecular complexity index is 599. The summed E-state index contributed by atoms with van der Waals surface area (Å²) < 4.78 is 5.56. The van der Waals surface area contributed by atoms with Gasteiger partial charge in [0.1, 0.15) is 10.9 Å². The van der Waals surface area contributed by atoms with Gasteiger partial charge in [-0.25, -0.2) is 4.98 Å². The molecule has 0 spiro atoms. The molecular formula is C16H17ClN2O2. The largest absolute Gasteiger partial charge is 0.494 e. The Hall–Kier alpha value is -2.07. The third-order valence-corrected chi connectivity index (χ3v) is 3.07. The molecule has 1 aromatic heterocycles. The molecule has 4 nitrogen and oxygen atoms in total. The Balaban J connectivity index is 1.96. The number of anilines is 1. The number of carbonyl (C=O) groups excluding carboxylic acids is 1. The van der Waals surface area contributed by atoms with Gasteiger partial charge in [0.2, 0.25) is 0 Å². The molecule has 0 saturated carbocycles. The van der Waals surface area contributed by atoms with E-state index < -0.39 is 0 Å². The van der Waals surface area contributed by atoms with E-state index in [1.807, 2.05) is 0 Å². The summed E-state index contributed by atoms with van der Waals surface area (Å²) in [5.74, 6) is 0.573. The highest BCUT2D eigenvalue weighted by atomic mass is 35.5. The van der Waals surface area contributed by atoms with Crippen molar-refractivity contribution in [3.05, 3.63) is 53.3 Å². The number of unbranched alkanes of at least 4 members (excludes halogenated alkanes) is 1. The van der Waals surface area contributed by atoms with Crippen molar-refractivity contribution in [1.29, 1.82) is 0 Å². The number of hydrogen-bond acceptors (Lipinski definition) is 3. The summed E-state index contributed by atoms with van der Waals surface area (Å²) in [7, 11) is 0. The SMILES string of the molecule is CCCCOc1ccc(C(=O)Nc2ccnc(Cl)c2)cc1. The van der Waals surface area contributed by atoms with Crippen LogP contribution in [0.3, 0.4) is 0 Å². The Morgan fingerprint density at radius 3 is 2.71 bits per heavy atom. The maximum Gasteiger partial charge on any atom is 0.255 e. The van der Waals surface area contributed by atoms with E-state index in [1.54, 1.807) is 42.6 Å². The molecule has 0 radical (unpaired) electrons. The molecule has 1 N–H and O–H groups in total. The number of amides is 1. The van der Waals surface area contributed by atoms with E-state index in [2.05, 4.69) is 17.2 Å². The van der Waals surface area contributed by atoms with Gasteiger partial charge in [-0.15, -0.1) is 0 Å². The molecule has 0 aliphatic carbocycles. The number of nitrogens with zero attached hydrogens (tertiary/aromatic N) is 1. The lowest BCUT2D eigenvalue weighted by Crippen LogP contribution is -2.11. The average Bonchev–Trinajstić information content (AvgIpc) is 2.48. The van der Waals surface area contributed by atoms with Crippen LogP contribution in [0.15, 0.2) is 42.6 Å². The first kappa shape index (κ1) is 15.3. The van der Waals surface area contributed by atoms with Crippen molar-refractivity contribution >= 4 is 23.2 Å². The highest BCUT2D eigenvalue weighted by molar-refractivity contribution is 6.29. The van der Waals surface area contributed by atoms with Crippen molar-refractivity contribution in [2.24, 2.45) is 0 Å². The number of ether oxygens (including phenoxy) is 1. The molecule has 0 atom stereocenters. The number of nitrogens with one attached hydrogen (secondary N) is 1. The van der Waals surface area contributed by atoms with E-state index in [-0.39, 0.29) is 5.91 Å². The summed E-state index contributed by atoms with van der Waals surface area (Å²) in [4.78, 5) is 15.9. The van der Waals surface area contributed by atoms with Crippen LogP contribution in [0, 0.1) is 0 Å². The first-order valence-electron chi connectivity index (χ1n) is 6.85. The number of carbonyl (C=O) groups is 1. The summed E-state index contributed by atoms with van der Waals surface area (Å²) in [6, 6.07) is 10.3. The van der Waals surface area contributed by atoms with Crippen LogP contribution < -0.4 is 10.1 Å². The molecule has 0 aliphatic rings. The maximum absolute atomic E-state index is 12.1. The van der Waals surface area contributed by atoms with Crippen LogP contribution in [-0.2, 0) is 0 Å². The fraction of sp³-hybridized carbons (Fsp3) is 0.250. The highest BCUT2D eigenvalue weighted by Gasteiger charge is 2.06. The quantitative estimate of drug-likeness (QED) is 0.644. The summed E-state index contributed by atoms with van der Waals surface area (Å²) in [6.07, 6.45) is 3.66. The van der Waals surface area contributed by atoms with Gasteiger partial charge in [-0.1, -0.05) is 24.9 Å². The minimum absolute atomic E-state index is 0.197. The van der Waals surface area contributed by atoms with Crippen LogP contribution in [0.2, 0.25) is 5.15 Å². The number of rotatable bonds is 6. The van der Waals surface area contributed by atoms with Crippen molar-refractivity contribution in [3.8, 4) is 5.75 Å². The average molecular weight is 305 g/mol. The van der Waals surface area contributed by atoms with Crippen LogP contribution in [0.1, 0.15) is 30.1 Å². The van der Waals surface area contributed by atoms with Gasteiger partial charge in [0, 0.05) is 17.4 Å². The summed E-state index contributed by atoms with van der Waals surface area (Å²) in [5.41, 5.74) is 1.18. The lowest BCUT2D eigenvalue weighted by Gasteiger charge is -2.07. The second-order valence-corrected chi connectivity index (χ2v) is 4.94. The zero-order chi connectivity index (χ0) is 15.1. The molecule has 2 aromatic rings. The van der Waals surface area contributed by atoms with Crippen molar-refractivity contribution in [1.82, 2.24) is 4.98 Å². The Kier molecular flexibility index (Phi) is 5.58. The molecule has 2 rings (SSSR count). The monoisotopic (exact) mass is 304 g/mol. The summed E-state index contributed by atoms with van der Waals surface area (Å²) in [5, 5.41) is 3.11.